The van der Waals surface area contributed by atoms with Gasteiger partial charge in [0.1, 0.15) is 12.4 Å². The van der Waals surface area contributed by atoms with Gasteiger partial charge in [0, 0.05) is 6.54 Å². The lowest BCUT2D eigenvalue weighted by atomic mass is 10.2. The molecule has 0 aromatic heterocycles. The summed E-state index contributed by atoms with van der Waals surface area (Å²) >= 11 is 0. The maximum absolute atomic E-state index is 11.9. The summed E-state index contributed by atoms with van der Waals surface area (Å²) in [6.07, 6.45) is 1.71. The molecule has 1 aromatic carbocycles. The molecule has 2 N–H and O–H groups in total. The zero-order chi connectivity index (χ0) is 13.4. The summed E-state index contributed by atoms with van der Waals surface area (Å²) in [7, 11) is 0. The number of aliphatic hydroxyl groups is 1. The van der Waals surface area contributed by atoms with E-state index in [4.69, 9.17) is 4.74 Å². The molecule has 0 aliphatic carbocycles. The van der Waals surface area contributed by atoms with Crippen LogP contribution in [0.4, 0.5) is 0 Å². The molecule has 4 heteroatoms. The van der Waals surface area contributed by atoms with E-state index in [1.54, 1.807) is 30.3 Å². The van der Waals surface area contributed by atoms with Crippen molar-refractivity contribution in [3.8, 4) is 5.75 Å². The number of hydrogen-bond acceptors (Lipinski definition) is 3. The van der Waals surface area contributed by atoms with Crippen LogP contribution < -0.4 is 10.1 Å². The number of para-hydroxylation sites is 1. The summed E-state index contributed by atoms with van der Waals surface area (Å²) in [5.74, 6) is 0.267. The van der Waals surface area contributed by atoms with Crippen molar-refractivity contribution in [3.63, 3.8) is 0 Å². The number of rotatable bonds is 7. The van der Waals surface area contributed by atoms with Crippen LogP contribution in [-0.2, 0) is 0 Å². The number of nitrogens with one attached hydrogen (secondary N) is 1. The standard InChI is InChI=1S/C14H19NO3/c1-3-9-18-13-8-6-5-7-12(13)14(17)15-10-11(16)4-2/h3,5-8,11,16H,1,4,9-10H2,2H3,(H,15,17). The minimum absolute atomic E-state index is 0.241. The summed E-state index contributed by atoms with van der Waals surface area (Å²) in [6.45, 7) is 6.01. The van der Waals surface area contributed by atoms with Gasteiger partial charge in [-0.15, -0.1) is 0 Å². The lowest BCUT2D eigenvalue weighted by molar-refractivity contribution is 0.0910. The van der Waals surface area contributed by atoms with E-state index in [-0.39, 0.29) is 12.5 Å². The number of aliphatic hydroxyl groups excluding tert-OH is 1. The average molecular weight is 249 g/mol. The zero-order valence-electron chi connectivity index (χ0n) is 10.6. The van der Waals surface area contributed by atoms with Gasteiger partial charge in [0.25, 0.3) is 5.91 Å². The number of amides is 1. The van der Waals surface area contributed by atoms with E-state index in [9.17, 15) is 9.90 Å². The van der Waals surface area contributed by atoms with Crippen molar-refractivity contribution in [2.24, 2.45) is 0 Å². The smallest absolute Gasteiger partial charge is 0.255 e. The quantitative estimate of drug-likeness (QED) is 0.724. The molecule has 4 nitrogen and oxygen atoms in total. The van der Waals surface area contributed by atoms with Crippen LogP contribution in [0.5, 0.6) is 5.75 Å². The molecule has 1 unspecified atom stereocenters. The Labute approximate surface area is 107 Å². The van der Waals surface area contributed by atoms with Gasteiger partial charge < -0.3 is 15.2 Å². The maximum Gasteiger partial charge on any atom is 0.255 e. The van der Waals surface area contributed by atoms with E-state index in [1.165, 1.54) is 0 Å². The highest BCUT2D eigenvalue weighted by Gasteiger charge is 2.12. The number of hydrogen-bond donors (Lipinski definition) is 2. The minimum Gasteiger partial charge on any atom is -0.489 e. The SMILES string of the molecule is C=CCOc1ccccc1C(=O)NCC(O)CC. The van der Waals surface area contributed by atoms with Gasteiger partial charge >= 0.3 is 0 Å². The number of carbonyl (C=O) groups is 1. The predicted molar refractivity (Wildman–Crippen MR) is 70.8 cm³/mol. The van der Waals surface area contributed by atoms with Gasteiger partial charge in [0.15, 0.2) is 0 Å². The fourth-order valence-electron chi connectivity index (χ4n) is 1.38. The summed E-state index contributed by atoms with van der Waals surface area (Å²) in [4.78, 5) is 11.9. The summed E-state index contributed by atoms with van der Waals surface area (Å²) in [6, 6.07) is 6.99. The molecular weight excluding hydrogens is 230 g/mol. The molecule has 1 rings (SSSR count). The van der Waals surface area contributed by atoms with E-state index in [0.29, 0.717) is 24.3 Å². The van der Waals surface area contributed by atoms with Crippen LogP contribution in [0.15, 0.2) is 36.9 Å². The first-order valence-corrected chi connectivity index (χ1v) is 5.98. The molecule has 0 saturated heterocycles. The number of ether oxygens (including phenoxy) is 1. The van der Waals surface area contributed by atoms with Crippen molar-refractivity contribution >= 4 is 5.91 Å². The van der Waals surface area contributed by atoms with Crippen molar-refractivity contribution in [2.75, 3.05) is 13.2 Å². The van der Waals surface area contributed by atoms with Crippen molar-refractivity contribution < 1.29 is 14.6 Å². The van der Waals surface area contributed by atoms with Gasteiger partial charge in [-0.25, -0.2) is 0 Å². The first kappa shape index (κ1) is 14.3. The van der Waals surface area contributed by atoms with E-state index in [1.807, 2.05) is 6.92 Å². The van der Waals surface area contributed by atoms with E-state index in [2.05, 4.69) is 11.9 Å². The first-order valence-electron chi connectivity index (χ1n) is 5.98. The predicted octanol–water partition coefficient (Wildman–Crippen LogP) is 1.75. The maximum atomic E-state index is 11.9. The Morgan fingerprint density at radius 2 is 2.28 bits per heavy atom. The molecule has 98 valence electrons. The molecular formula is C14H19NO3. The van der Waals surface area contributed by atoms with Crippen LogP contribution in [0, 0.1) is 0 Å². The third-order valence-corrected chi connectivity index (χ3v) is 2.46. The molecule has 0 heterocycles. The van der Waals surface area contributed by atoms with Crippen molar-refractivity contribution in [1.82, 2.24) is 5.32 Å². The molecule has 18 heavy (non-hydrogen) atoms. The fraction of sp³-hybridized carbons (Fsp3) is 0.357. The third-order valence-electron chi connectivity index (χ3n) is 2.46. The molecule has 0 radical (unpaired) electrons. The van der Waals surface area contributed by atoms with Gasteiger partial charge in [0.05, 0.1) is 11.7 Å². The molecule has 0 aliphatic heterocycles. The molecule has 0 bridgehead atoms. The Bertz CT molecular complexity index is 404. The summed E-state index contributed by atoms with van der Waals surface area (Å²) in [5, 5.41) is 12.1. The Balaban J connectivity index is 2.69. The Kier molecular flexibility index (Phi) is 5.94. The Hall–Kier alpha value is -1.81. The highest BCUT2D eigenvalue weighted by Crippen LogP contribution is 2.17. The second-order valence-electron chi connectivity index (χ2n) is 3.87. The van der Waals surface area contributed by atoms with Gasteiger partial charge in [0.2, 0.25) is 0 Å². The molecule has 0 saturated carbocycles. The molecule has 0 spiro atoms. The first-order chi connectivity index (χ1) is 8.69. The van der Waals surface area contributed by atoms with Crippen molar-refractivity contribution in [1.29, 1.82) is 0 Å². The van der Waals surface area contributed by atoms with Crippen LogP contribution in [0.25, 0.3) is 0 Å². The second kappa shape index (κ2) is 7.50. The summed E-state index contributed by atoms with van der Waals surface area (Å²) < 4.78 is 5.40. The van der Waals surface area contributed by atoms with Crippen LogP contribution in [-0.4, -0.2) is 30.3 Å². The average Bonchev–Trinajstić information content (AvgIpc) is 2.42. The fourth-order valence-corrected chi connectivity index (χ4v) is 1.38. The van der Waals surface area contributed by atoms with E-state index < -0.39 is 6.10 Å². The minimum atomic E-state index is -0.518. The number of benzene rings is 1. The van der Waals surface area contributed by atoms with Crippen LogP contribution in [0.1, 0.15) is 23.7 Å². The van der Waals surface area contributed by atoms with Gasteiger partial charge in [-0.2, -0.15) is 0 Å². The third kappa shape index (κ3) is 4.22. The van der Waals surface area contributed by atoms with Crippen LogP contribution in [0.2, 0.25) is 0 Å². The van der Waals surface area contributed by atoms with Crippen molar-refractivity contribution in [3.05, 3.63) is 42.5 Å². The van der Waals surface area contributed by atoms with Gasteiger partial charge in [-0.05, 0) is 18.6 Å². The monoisotopic (exact) mass is 249 g/mol. The molecule has 1 aromatic rings. The number of carbonyl (C=O) groups excluding carboxylic acids is 1. The van der Waals surface area contributed by atoms with Gasteiger partial charge in [-0.3, -0.25) is 4.79 Å². The normalized spacial score (nSPS) is 11.7. The van der Waals surface area contributed by atoms with Crippen LogP contribution in [0.3, 0.4) is 0 Å². The highest BCUT2D eigenvalue weighted by atomic mass is 16.5. The van der Waals surface area contributed by atoms with Gasteiger partial charge in [-0.1, -0.05) is 31.7 Å². The highest BCUT2D eigenvalue weighted by molar-refractivity contribution is 5.96. The molecule has 1 atom stereocenters. The largest absolute Gasteiger partial charge is 0.489 e. The molecule has 0 aliphatic rings. The zero-order valence-corrected chi connectivity index (χ0v) is 10.6. The Morgan fingerprint density at radius 3 is 2.94 bits per heavy atom. The molecule has 1 amide bonds. The topological polar surface area (TPSA) is 58.6 Å². The second-order valence-corrected chi connectivity index (χ2v) is 3.87. The Morgan fingerprint density at radius 1 is 1.56 bits per heavy atom. The van der Waals surface area contributed by atoms with E-state index in [0.717, 1.165) is 0 Å². The lowest BCUT2D eigenvalue weighted by Gasteiger charge is -2.12. The van der Waals surface area contributed by atoms with E-state index >= 15 is 0 Å². The van der Waals surface area contributed by atoms with Crippen molar-refractivity contribution in [2.45, 2.75) is 19.4 Å². The van der Waals surface area contributed by atoms with Crippen LogP contribution >= 0.6 is 0 Å². The summed E-state index contributed by atoms with van der Waals surface area (Å²) in [5.41, 5.74) is 0.461. The lowest BCUT2D eigenvalue weighted by Crippen LogP contribution is -2.31. The molecule has 0 fully saturated rings.